The van der Waals surface area contributed by atoms with Crippen LogP contribution >= 0.6 is 11.6 Å². The number of aromatic nitrogens is 2. The topological polar surface area (TPSA) is 93.4 Å². The van der Waals surface area contributed by atoms with Crippen LogP contribution in [-0.4, -0.2) is 36.8 Å². The van der Waals surface area contributed by atoms with Gasteiger partial charge in [0.15, 0.2) is 0 Å². The second-order valence-corrected chi connectivity index (χ2v) is 10.2. The Hall–Kier alpha value is -3.04. The molecular formula is C23H27ClN4O4S. The predicted octanol–water partition coefficient (Wildman–Crippen LogP) is 3.49. The number of halogens is 1. The fourth-order valence-corrected chi connectivity index (χ4v) is 4.91. The summed E-state index contributed by atoms with van der Waals surface area (Å²) >= 11 is 6.18. The van der Waals surface area contributed by atoms with Crippen LogP contribution < -0.4 is 15.2 Å². The first-order valence-corrected chi connectivity index (χ1v) is 12.3. The Morgan fingerprint density at radius 3 is 2.42 bits per heavy atom. The lowest BCUT2D eigenvalue weighted by Gasteiger charge is -2.19. The molecule has 33 heavy (non-hydrogen) atoms. The Bertz CT molecular complexity index is 1350. The van der Waals surface area contributed by atoms with Crippen LogP contribution in [0.25, 0.3) is 5.69 Å². The number of carbonyl (C=O) groups excluding carboxylic acids is 1. The maximum absolute atomic E-state index is 13.5. The van der Waals surface area contributed by atoms with Gasteiger partial charge in [-0.25, -0.2) is 13.1 Å². The van der Waals surface area contributed by atoms with Crippen LogP contribution in [0.1, 0.15) is 36.3 Å². The lowest BCUT2D eigenvalue weighted by Crippen LogP contribution is -2.33. The summed E-state index contributed by atoms with van der Waals surface area (Å²) in [6.45, 7) is 5.44. The van der Waals surface area contributed by atoms with Gasteiger partial charge in [-0.1, -0.05) is 36.7 Å². The maximum atomic E-state index is 13.5. The normalized spacial score (nSPS) is 12.4. The smallest absolute Gasteiger partial charge is 0.296 e. The van der Waals surface area contributed by atoms with Crippen molar-refractivity contribution >= 4 is 33.2 Å². The van der Waals surface area contributed by atoms with E-state index in [0.717, 1.165) is 4.31 Å². The number of hydrogen-bond donors (Lipinski definition) is 1. The van der Waals surface area contributed by atoms with Gasteiger partial charge in [0.05, 0.1) is 26.9 Å². The first kappa shape index (κ1) is 24.6. The highest BCUT2D eigenvalue weighted by atomic mass is 35.5. The summed E-state index contributed by atoms with van der Waals surface area (Å²) in [4.78, 5) is 25.7. The Labute approximate surface area is 198 Å². The van der Waals surface area contributed by atoms with Crippen LogP contribution in [0.5, 0.6) is 0 Å². The standard InChI is InChI=1S/C23H27ClN4O4S/c1-6-15(2)25-22(29)19-14-18(12-13-20(19)24)33(31,32)27(5)21-16(3)26(4)28(23(21)30)17-10-8-7-9-11-17/h7-15H,6H2,1-5H3,(H,25,29)/t15-/m1/s1. The summed E-state index contributed by atoms with van der Waals surface area (Å²) in [5.41, 5.74) is 0.676. The van der Waals surface area contributed by atoms with Crippen molar-refractivity contribution in [1.82, 2.24) is 14.7 Å². The van der Waals surface area contributed by atoms with E-state index in [4.69, 9.17) is 11.6 Å². The van der Waals surface area contributed by atoms with E-state index in [0.29, 0.717) is 17.8 Å². The van der Waals surface area contributed by atoms with Crippen LogP contribution in [-0.2, 0) is 17.1 Å². The van der Waals surface area contributed by atoms with Crippen molar-refractivity contribution in [3.05, 3.63) is 75.2 Å². The van der Waals surface area contributed by atoms with Gasteiger partial charge >= 0.3 is 0 Å². The number of anilines is 1. The van der Waals surface area contributed by atoms with Crippen molar-refractivity contribution in [2.75, 3.05) is 11.4 Å². The van der Waals surface area contributed by atoms with Gasteiger partial charge in [-0.2, -0.15) is 0 Å². The molecule has 3 aromatic rings. The summed E-state index contributed by atoms with van der Waals surface area (Å²) in [5, 5.41) is 2.92. The number of sulfonamides is 1. The van der Waals surface area contributed by atoms with Gasteiger partial charge in [0, 0.05) is 20.1 Å². The number of carbonyl (C=O) groups is 1. The Morgan fingerprint density at radius 2 is 1.82 bits per heavy atom. The largest absolute Gasteiger partial charge is 0.350 e. The van der Waals surface area contributed by atoms with E-state index in [-0.39, 0.29) is 27.2 Å². The second-order valence-electron chi connectivity index (χ2n) is 7.81. The van der Waals surface area contributed by atoms with Crippen molar-refractivity contribution in [2.24, 2.45) is 7.05 Å². The fraction of sp³-hybridized carbons (Fsp3) is 0.304. The zero-order chi connectivity index (χ0) is 24.5. The van der Waals surface area contributed by atoms with E-state index in [9.17, 15) is 18.0 Å². The van der Waals surface area contributed by atoms with Gasteiger partial charge < -0.3 is 5.32 Å². The zero-order valence-corrected chi connectivity index (χ0v) is 20.7. The van der Waals surface area contributed by atoms with Crippen molar-refractivity contribution in [1.29, 1.82) is 0 Å². The van der Waals surface area contributed by atoms with Gasteiger partial charge in [-0.15, -0.1) is 0 Å². The van der Waals surface area contributed by atoms with Crippen molar-refractivity contribution in [3.8, 4) is 5.69 Å². The van der Waals surface area contributed by atoms with Gasteiger partial charge in [-0.3, -0.25) is 18.6 Å². The van der Waals surface area contributed by atoms with E-state index in [2.05, 4.69) is 5.32 Å². The molecule has 176 valence electrons. The molecule has 0 unspecified atom stereocenters. The summed E-state index contributed by atoms with van der Waals surface area (Å²) in [6, 6.07) is 12.8. The third-order valence-electron chi connectivity index (χ3n) is 5.67. The van der Waals surface area contributed by atoms with Crippen LogP contribution in [0.2, 0.25) is 5.02 Å². The molecule has 0 spiro atoms. The Kier molecular flexibility index (Phi) is 7.04. The summed E-state index contributed by atoms with van der Waals surface area (Å²) in [7, 11) is -1.15. The van der Waals surface area contributed by atoms with E-state index in [1.54, 1.807) is 42.9 Å². The molecule has 1 aromatic heterocycles. The molecule has 0 saturated heterocycles. The number of rotatable bonds is 7. The zero-order valence-electron chi connectivity index (χ0n) is 19.2. The lowest BCUT2D eigenvalue weighted by atomic mass is 10.2. The average Bonchev–Trinajstić information content (AvgIpc) is 3.01. The molecule has 1 amide bonds. The van der Waals surface area contributed by atoms with Gasteiger partial charge in [0.25, 0.3) is 21.5 Å². The highest BCUT2D eigenvalue weighted by Gasteiger charge is 2.29. The molecule has 3 rings (SSSR count). The molecular weight excluding hydrogens is 464 g/mol. The molecule has 1 heterocycles. The molecule has 0 bridgehead atoms. The van der Waals surface area contributed by atoms with E-state index < -0.39 is 21.5 Å². The van der Waals surface area contributed by atoms with Gasteiger partial charge in [0.2, 0.25) is 0 Å². The number of nitrogens with zero attached hydrogens (tertiary/aromatic N) is 3. The monoisotopic (exact) mass is 490 g/mol. The lowest BCUT2D eigenvalue weighted by molar-refractivity contribution is 0.0939. The molecule has 8 nitrogen and oxygen atoms in total. The molecule has 0 fully saturated rings. The molecule has 1 N–H and O–H groups in total. The summed E-state index contributed by atoms with van der Waals surface area (Å²) in [5.74, 6) is -0.462. The maximum Gasteiger partial charge on any atom is 0.296 e. The third kappa shape index (κ3) is 4.56. The average molecular weight is 491 g/mol. The molecule has 0 saturated carbocycles. The molecule has 10 heteroatoms. The van der Waals surface area contributed by atoms with Crippen LogP contribution in [0.15, 0.2) is 58.2 Å². The third-order valence-corrected chi connectivity index (χ3v) is 7.75. The first-order valence-electron chi connectivity index (χ1n) is 10.4. The van der Waals surface area contributed by atoms with Gasteiger partial charge in [-0.05, 0) is 50.6 Å². The minimum absolute atomic E-state index is 0.0157. The Morgan fingerprint density at radius 1 is 1.18 bits per heavy atom. The summed E-state index contributed by atoms with van der Waals surface area (Å²) in [6.07, 6.45) is 0.713. The van der Waals surface area contributed by atoms with Crippen LogP contribution in [0.4, 0.5) is 5.69 Å². The fourth-order valence-electron chi connectivity index (χ4n) is 3.44. The highest BCUT2D eigenvalue weighted by molar-refractivity contribution is 7.92. The first-order chi connectivity index (χ1) is 15.5. The number of nitrogens with one attached hydrogen (secondary N) is 1. The van der Waals surface area contributed by atoms with E-state index in [1.165, 1.54) is 29.9 Å². The summed E-state index contributed by atoms with van der Waals surface area (Å²) < 4.78 is 30.9. The van der Waals surface area contributed by atoms with E-state index in [1.807, 2.05) is 19.9 Å². The SMILES string of the molecule is CC[C@@H](C)NC(=O)c1cc(S(=O)(=O)N(C)c2c(C)n(C)n(-c3ccccc3)c2=O)ccc1Cl. The van der Waals surface area contributed by atoms with Crippen LogP contribution in [0, 0.1) is 6.92 Å². The van der Waals surface area contributed by atoms with Crippen molar-refractivity contribution in [3.63, 3.8) is 0 Å². The number of amides is 1. The van der Waals surface area contributed by atoms with Crippen molar-refractivity contribution in [2.45, 2.75) is 38.1 Å². The molecule has 0 aliphatic carbocycles. The minimum Gasteiger partial charge on any atom is -0.350 e. The minimum atomic E-state index is -4.16. The molecule has 1 atom stereocenters. The van der Waals surface area contributed by atoms with Crippen molar-refractivity contribution < 1.29 is 13.2 Å². The molecule has 0 aliphatic heterocycles. The number of hydrogen-bond acceptors (Lipinski definition) is 4. The highest BCUT2D eigenvalue weighted by Crippen LogP contribution is 2.27. The number of benzene rings is 2. The molecule has 0 aliphatic rings. The second kappa shape index (κ2) is 9.44. The molecule has 2 aromatic carbocycles. The predicted molar refractivity (Wildman–Crippen MR) is 130 cm³/mol. The Balaban J connectivity index is 2.07. The van der Waals surface area contributed by atoms with Crippen LogP contribution in [0.3, 0.4) is 0 Å². The molecule has 0 radical (unpaired) electrons. The van der Waals surface area contributed by atoms with E-state index >= 15 is 0 Å². The quantitative estimate of drug-likeness (QED) is 0.548. The number of para-hydroxylation sites is 1. The van der Waals surface area contributed by atoms with Gasteiger partial charge in [0.1, 0.15) is 5.69 Å².